The molecule has 0 fully saturated rings. The third-order valence-electron chi connectivity index (χ3n) is 3.62. The normalized spacial score (nSPS) is 13.0. The maximum Gasteiger partial charge on any atom is 0.244 e. The quantitative estimate of drug-likeness (QED) is 0.845. The van der Waals surface area contributed by atoms with Gasteiger partial charge in [-0.25, -0.2) is 0 Å². The molecule has 0 atom stereocenters. The van der Waals surface area contributed by atoms with Crippen molar-refractivity contribution in [2.75, 3.05) is 19.8 Å². The molecule has 1 aliphatic rings. The maximum atomic E-state index is 11.8. The minimum Gasteiger partial charge on any atom is -0.486 e. The summed E-state index contributed by atoms with van der Waals surface area (Å²) < 4.78 is 11.0. The molecule has 2 aromatic rings. The first kappa shape index (κ1) is 16.4. The summed E-state index contributed by atoms with van der Waals surface area (Å²) in [7, 11) is 0. The Bertz CT molecular complexity index is 741. The zero-order valence-electron chi connectivity index (χ0n) is 13.1. The number of hydrogen-bond acceptors (Lipinski definition) is 3. The van der Waals surface area contributed by atoms with Gasteiger partial charge in [-0.05, 0) is 47.9 Å². The highest BCUT2D eigenvalue weighted by Crippen LogP contribution is 2.30. The molecular weight excluding hydrogens is 326 g/mol. The maximum absolute atomic E-state index is 11.8. The van der Waals surface area contributed by atoms with Crippen LogP contribution < -0.4 is 14.8 Å². The van der Waals surface area contributed by atoms with Crippen molar-refractivity contribution in [1.82, 2.24) is 5.32 Å². The van der Waals surface area contributed by atoms with Crippen LogP contribution in [0, 0.1) is 0 Å². The molecule has 1 aliphatic heterocycles. The van der Waals surface area contributed by atoms with Crippen molar-refractivity contribution in [2.45, 2.75) is 6.42 Å². The van der Waals surface area contributed by atoms with Gasteiger partial charge < -0.3 is 14.8 Å². The fraction of sp³-hybridized carbons (Fsp3) is 0.211. The van der Waals surface area contributed by atoms with Crippen LogP contribution in [0.15, 0.2) is 48.5 Å². The molecule has 5 heteroatoms. The molecule has 0 saturated carbocycles. The number of halogens is 1. The molecule has 0 aromatic heterocycles. The monoisotopic (exact) mass is 343 g/mol. The summed E-state index contributed by atoms with van der Waals surface area (Å²) in [5, 5.41) is 3.55. The van der Waals surface area contributed by atoms with E-state index in [0.29, 0.717) is 24.8 Å². The minimum atomic E-state index is -0.123. The van der Waals surface area contributed by atoms with E-state index in [9.17, 15) is 4.79 Å². The summed E-state index contributed by atoms with van der Waals surface area (Å²) in [6, 6.07) is 13.2. The average molecular weight is 344 g/mol. The Balaban J connectivity index is 1.47. The average Bonchev–Trinajstić information content (AvgIpc) is 2.61. The van der Waals surface area contributed by atoms with Gasteiger partial charge in [0, 0.05) is 17.6 Å². The van der Waals surface area contributed by atoms with Crippen LogP contribution in [0.3, 0.4) is 0 Å². The lowest BCUT2D eigenvalue weighted by molar-refractivity contribution is -0.116. The number of fused-ring (bicyclic) bond motifs is 1. The summed E-state index contributed by atoms with van der Waals surface area (Å²) >= 11 is 5.83. The first-order valence-corrected chi connectivity index (χ1v) is 8.18. The molecule has 0 spiro atoms. The van der Waals surface area contributed by atoms with Crippen LogP contribution in [0.2, 0.25) is 5.02 Å². The molecule has 1 heterocycles. The highest BCUT2D eigenvalue weighted by atomic mass is 35.5. The van der Waals surface area contributed by atoms with Crippen LogP contribution >= 0.6 is 11.6 Å². The molecule has 0 radical (unpaired) electrons. The summed E-state index contributed by atoms with van der Waals surface area (Å²) in [5.74, 6) is 1.43. The fourth-order valence-electron chi connectivity index (χ4n) is 2.38. The molecule has 3 rings (SSSR count). The Hall–Kier alpha value is -2.46. The topological polar surface area (TPSA) is 47.6 Å². The predicted molar refractivity (Wildman–Crippen MR) is 94.6 cm³/mol. The van der Waals surface area contributed by atoms with Crippen LogP contribution in [-0.4, -0.2) is 25.7 Å². The molecule has 1 amide bonds. The van der Waals surface area contributed by atoms with E-state index in [0.717, 1.165) is 29.0 Å². The first-order valence-electron chi connectivity index (χ1n) is 7.81. The van der Waals surface area contributed by atoms with Crippen LogP contribution in [0.1, 0.15) is 11.1 Å². The van der Waals surface area contributed by atoms with Crippen LogP contribution in [-0.2, 0) is 11.2 Å². The standard InChI is InChI=1S/C19H18ClNO3/c20-16-5-1-14(2-6-16)4-8-19(22)21-10-9-15-3-7-17-18(13-15)24-12-11-23-17/h1-8,13H,9-12H2,(H,21,22)/b8-4+. The number of hydrogen-bond donors (Lipinski definition) is 1. The molecule has 0 unspecified atom stereocenters. The Morgan fingerprint density at radius 1 is 1.08 bits per heavy atom. The van der Waals surface area contributed by atoms with Gasteiger partial charge in [-0.15, -0.1) is 0 Å². The third-order valence-corrected chi connectivity index (χ3v) is 3.87. The van der Waals surface area contributed by atoms with Crippen LogP contribution in [0.5, 0.6) is 11.5 Å². The molecule has 0 saturated heterocycles. The number of carbonyl (C=O) groups excluding carboxylic acids is 1. The SMILES string of the molecule is O=C(/C=C/c1ccc(Cl)cc1)NCCc1ccc2c(c1)OCCO2. The van der Waals surface area contributed by atoms with Crippen molar-refractivity contribution in [1.29, 1.82) is 0 Å². The number of nitrogens with one attached hydrogen (secondary N) is 1. The van der Waals surface area contributed by atoms with E-state index in [1.165, 1.54) is 6.08 Å². The van der Waals surface area contributed by atoms with Crippen molar-refractivity contribution in [3.8, 4) is 11.5 Å². The van der Waals surface area contributed by atoms with Crippen LogP contribution in [0.25, 0.3) is 6.08 Å². The van der Waals surface area contributed by atoms with Crippen molar-refractivity contribution < 1.29 is 14.3 Å². The third kappa shape index (κ3) is 4.52. The number of rotatable bonds is 5. The summed E-state index contributed by atoms with van der Waals surface area (Å²) in [5.41, 5.74) is 2.03. The lowest BCUT2D eigenvalue weighted by atomic mass is 10.1. The van der Waals surface area contributed by atoms with Gasteiger partial charge in [0.15, 0.2) is 11.5 Å². The second-order valence-corrected chi connectivity index (χ2v) is 5.84. The van der Waals surface area contributed by atoms with Crippen molar-refractivity contribution >= 4 is 23.6 Å². The Labute approximate surface area is 146 Å². The van der Waals surface area contributed by atoms with E-state index in [1.54, 1.807) is 18.2 Å². The largest absolute Gasteiger partial charge is 0.486 e. The van der Waals surface area contributed by atoms with E-state index < -0.39 is 0 Å². The minimum absolute atomic E-state index is 0.123. The Morgan fingerprint density at radius 3 is 2.62 bits per heavy atom. The number of carbonyl (C=O) groups is 1. The molecule has 0 bridgehead atoms. The van der Waals surface area contributed by atoms with E-state index >= 15 is 0 Å². The summed E-state index contributed by atoms with van der Waals surface area (Å²) in [6.45, 7) is 1.72. The Morgan fingerprint density at radius 2 is 1.83 bits per heavy atom. The highest BCUT2D eigenvalue weighted by Gasteiger charge is 2.11. The molecular formula is C19H18ClNO3. The van der Waals surface area contributed by atoms with Gasteiger partial charge in [-0.2, -0.15) is 0 Å². The molecule has 124 valence electrons. The van der Waals surface area contributed by atoms with Gasteiger partial charge in [0.25, 0.3) is 0 Å². The van der Waals surface area contributed by atoms with Crippen LogP contribution in [0.4, 0.5) is 0 Å². The van der Waals surface area contributed by atoms with Gasteiger partial charge in [0.05, 0.1) is 0 Å². The van der Waals surface area contributed by atoms with E-state index in [4.69, 9.17) is 21.1 Å². The molecule has 24 heavy (non-hydrogen) atoms. The van der Waals surface area contributed by atoms with E-state index in [1.807, 2.05) is 30.3 Å². The second-order valence-electron chi connectivity index (χ2n) is 5.40. The Kier molecular flexibility index (Phi) is 5.39. The zero-order chi connectivity index (χ0) is 16.8. The summed E-state index contributed by atoms with van der Waals surface area (Å²) in [6.07, 6.45) is 4.01. The van der Waals surface area contributed by atoms with Gasteiger partial charge in [0.2, 0.25) is 5.91 Å². The lowest BCUT2D eigenvalue weighted by Crippen LogP contribution is -2.23. The smallest absolute Gasteiger partial charge is 0.244 e. The second kappa shape index (κ2) is 7.88. The molecule has 2 aromatic carbocycles. The predicted octanol–water partition coefficient (Wildman–Crippen LogP) is 3.48. The number of ether oxygens (including phenoxy) is 2. The van der Waals surface area contributed by atoms with Crippen molar-refractivity contribution in [2.24, 2.45) is 0 Å². The van der Waals surface area contributed by atoms with Gasteiger partial charge in [-0.1, -0.05) is 29.8 Å². The fourth-order valence-corrected chi connectivity index (χ4v) is 2.50. The van der Waals surface area contributed by atoms with Crippen molar-refractivity contribution in [3.05, 3.63) is 64.7 Å². The zero-order valence-corrected chi connectivity index (χ0v) is 13.9. The van der Waals surface area contributed by atoms with E-state index in [2.05, 4.69) is 5.32 Å². The number of benzene rings is 2. The first-order chi connectivity index (χ1) is 11.7. The van der Waals surface area contributed by atoms with Gasteiger partial charge >= 0.3 is 0 Å². The molecule has 4 nitrogen and oxygen atoms in total. The van der Waals surface area contributed by atoms with E-state index in [-0.39, 0.29) is 5.91 Å². The van der Waals surface area contributed by atoms with Gasteiger partial charge in [-0.3, -0.25) is 4.79 Å². The van der Waals surface area contributed by atoms with Crippen molar-refractivity contribution in [3.63, 3.8) is 0 Å². The summed E-state index contributed by atoms with van der Waals surface area (Å²) in [4.78, 5) is 11.8. The number of amides is 1. The lowest BCUT2D eigenvalue weighted by Gasteiger charge is -2.18. The highest BCUT2D eigenvalue weighted by molar-refractivity contribution is 6.30. The molecule has 1 N–H and O–H groups in total. The molecule has 0 aliphatic carbocycles. The van der Waals surface area contributed by atoms with Gasteiger partial charge in [0.1, 0.15) is 13.2 Å².